The third kappa shape index (κ3) is 11.1. The van der Waals surface area contributed by atoms with Gasteiger partial charge in [-0.15, -0.1) is 0 Å². The molecule has 58 heavy (non-hydrogen) atoms. The molecule has 0 amide bonds. The van der Waals surface area contributed by atoms with Gasteiger partial charge in [0.15, 0.2) is 0 Å². The lowest BCUT2D eigenvalue weighted by atomic mass is 9.99. The number of rotatable bonds is 5. The average Bonchev–Trinajstić information content (AvgIpc) is 4.11. The fourth-order valence-electron chi connectivity index (χ4n) is 8.88. The predicted molar refractivity (Wildman–Crippen MR) is 197 cm³/mol. The zero-order valence-electron chi connectivity index (χ0n) is 34.4. The molecule has 0 spiro atoms. The quantitative estimate of drug-likeness (QED) is 0.226. The summed E-state index contributed by atoms with van der Waals surface area (Å²) in [5.41, 5.74) is 0. The van der Waals surface area contributed by atoms with E-state index in [1.54, 1.807) is 0 Å². The van der Waals surface area contributed by atoms with Gasteiger partial charge in [0.1, 0.15) is 100 Å². The normalized spacial score (nSPS) is 48.5. The summed E-state index contributed by atoms with van der Waals surface area (Å²) in [4.78, 5) is 0. The molecule has 0 aromatic heterocycles. The van der Waals surface area contributed by atoms with Gasteiger partial charge in [0.2, 0.25) is 0 Å². The molecule has 19 heteroatoms. The van der Waals surface area contributed by atoms with Crippen LogP contribution < -0.4 is 0 Å². The first-order valence-corrected chi connectivity index (χ1v) is 21.0. The largest absolute Gasteiger partial charge is 0.394 e. The van der Waals surface area contributed by atoms with E-state index in [1.807, 2.05) is 13.8 Å². The van der Waals surface area contributed by atoms with E-state index in [2.05, 4.69) is 20.8 Å². The molecule has 5 N–H and O–H groups in total. The molecule has 10 aliphatic heterocycles. The average molecular weight is 841 g/mol. The van der Waals surface area contributed by atoms with Crippen LogP contribution >= 0.6 is 0 Å². The fourth-order valence-corrected chi connectivity index (χ4v) is 8.88. The second kappa shape index (κ2) is 22.5. The Balaban J connectivity index is 0.000000123. The van der Waals surface area contributed by atoms with Gasteiger partial charge in [-0.25, -0.2) is 0 Å². The number of fused-ring (bicyclic) bond motifs is 4. The van der Waals surface area contributed by atoms with Crippen LogP contribution in [0.4, 0.5) is 0 Å². The van der Waals surface area contributed by atoms with Crippen LogP contribution in [0.3, 0.4) is 0 Å². The van der Waals surface area contributed by atoms with Crippen molar-refractivity contribution in [2.75, 3.05) is 80.0 Å². The van der Waals surface area contributed by atoms with Gasteiger partial charge in [-0.05, 0) is 12.8 Å². The lowest BCUT2D eigenvalue weighted by Crippen LogP contribution is -2.57. The highest BCUT2D eigenvalue weighted by Crippen LogP contribution is 2.33. The first kappa shape index (κ1) is 46.7. The number of ether oxygens (including phenoxy) is 14. The molecule has 0 saturated carbocycles. The minimum Gasteiger partial charge on any atom is -0.394 e. The molecule has 0 unspecified atom stereocenters. The molecule has 10 saturated heterocycles. The molecule has 19 nitrogen and oxygen atoms in total. The third-order valence-corrected chi connectivity index (χ3v) is 12.3. The van der Waals surface area contributed by atoms with E-state index in [0.717, 1.165) is 32.7 Å². The van der Waals surface area contributed by atoms with E-state index in [9.17, 15) is 15.3 Å². The highest BCUT2D eigenvalue weighted by atomic mass is 16.8. The van der Waals surface area contributed by atoms with Crippen LogP contribution in [0, 0.1) is 17.8 Å². The van der Waals surface area contributed by atoms with E-state index in [1.165, 1.54) is 0 Å². The molecule has 10 aliphatic rings. The molecule has 0 aromatic rings. The molecule has 0 aliphatic carbocycles. The maximum atomic E-state index is 9.27. The van der Waals surface area contributed by atoms with Gasteiger partial charge in [0.25, 0.3) is 0 Å². The van der Waals surface area contributed by atoms with Crippen molar-refractivity contribution in [1.29, 1.82) is 0 Å². The van der Waals surface area contributed by atoms with Gasteiger partial charge in [0.05, 0.1) is 83.4 Å². The summed E-state index contributed by atoms with van der Waals surface area (Å²) in [6, 6.07) is 0. The molecule has 20 atom stereocenters. The smallest absolute Gasteiger partial charge is 0.147 e. The zero-order valence-corrected chi connectivity index (χ0v) is 34.4. The van der Waals surface area contributed by atoms with Gasteiger partial charge in [-0.1, -0.05) is 34.6 Å². The molecule has 10 fully saturated rings. The van der Waals surface area contributed by atoms with Crippen molar-refractivity contribution < 1.29 is 91.8 Å². The van der Waals surface area contributed by atoms with E-state index in [4.69, 9.17) is 76.5 Å². The van der Waals surface area contributed by atoms with Crippen molar-refractivity contribution in [1.82, 2.24) is 0 Å². The maximum Gasteiger partial charge on any atom is 0.147 e. The number of hydrogen-bond donors (Lipinski definition) is 5. The Morgan fingerprint density at radius 3 is 0.845 bits per heavy atom. The van der Waals surface area contributed by atoms with Crippen LogP contribution in [-0.2, 0) is 66.3 Å². The SMILES string of the molecule is CC[C@@H]1OCO[C@H]1[C@H]1OCO[C@@H]1CO.CC[C@H]1OCO[C@H]2[C@@H]1OCO[C@@H]2CO.C[C@@H]1CO[C@@H]2[C@H]1OC[C@@H]2O.C[C@@H]1CO[C@@H]2[C@H]1OC[C@H]2O.C[C@H]1CO[C@@H]2[C@H]1OC[C@@H]2O. The molecular weight excluding hydrogens is 772 g/mol. The standard InChI is InChI=1S/2C9H16O5.3C7H12O3/c1-2-6-8-9(14-4-11-6)7(3-10)12-5-13-8;1-2-6-8(13-4-11-6)9-7(3-10)12-5-14-9;3*1-4-2-9-7-5(8)3-10-6(4)7/h2*6-10H,2-5H2,1H3;3*4-8H,2-3H2,1H3/t6-,7-,8-,9-;6-,7+,8+,9-;4-,5+,6+,7+;4-,5-,6+,7+;4-,5-,6-,7-/m10110/s1. The highest BCUT2D eigenvalue weighted by Gasteiger charge is 2.48. The van der Waals surface area contributed by atoms with Crippen LogP contribution in [0.5, 0.6) is 0 Å². The van der Waals surface area contributed by atoms with Gasteiger partial charge in [-0.3, -0.25) is 0 Å². The monoisotopic (exact) mass is 840 g/mol. The molecule has 0 radical (unpaired) electrons. The Labute approximate surface area is 340 Å². The molecule has 10 heterocycles. The van der Waals surface area contributed by atoms with E-state index in [-0.39, 0.29) is 119 Å². The lowest BCUT2D eigenvalue weighted by Gasteiger charge is -2.43. The van der Waals surface area contributed by atoms with Crippen LogP contribution in [0.2, 0.25) is 0 Å². The third-order valence-electron chi connectivity index (χ3n) is 12.3. The molecular formula is C39H68O19. The van der Waals surface area contributed by atoms with Crippen molar-refractivity contribution in [2.24, 2.45) is 17.8 Å². The summed E-state index contributed by atoms with van der Waals surface area (Å²) in [5, 5.41) is 45.9. The van der Waals surface area contributed by atoms with Crippen molar-refractivity contribution in [3.05, 3.63) is 0 Å². The Morgan fingerprint density at radius 1 is 0.328 bits per heavy atom. The fraction of sp³-hybridized carbons (Fsp3) is 1.00. The lowest BCUT2D eigenvalue weighted by molar-refractivity contribution is -0.325. The Bertz CT molecular complexity index is 1030. The molecule has 338 valence electrons. The van der Waals surface area contributed by atoms with Gasteiger partial charge >= 0.3 is 0 Å². The van der Waals surface area contributed by atoms with Crippen LogP contribution in [-0.4, -0.2) is 209 Å². The maximum absolute atomic E-state index is 9.27. The van der Waals surface area contributed by atoms with E-state index >= 15 is 0 Å². The summed E-state index contributed by atoms with van der Waals surface area (Å²) >= 11 is 0. The van der Waals surface area contributed by atoms with Crippen molar-refractivity contribution in [3.63, 3.8) is 0 Å². The van der Waals surface area contributed by atoms with Gasteiger partial charge in [0, 0.05) is 17.8 Å². The number of aliphatic hydroxyl groups is 5. The first-order chi connectivity index (χ1) is 28.1. The summed E-state index contributed by atoms with van der Waals surface area (Å²) in [7, 11) is 0. The Kier molecular flexibility index (Phi) is 18.2. The Hall–Kier alpha value is -0.760. The summed E-state index contributed by atoms with van der Waals surface area (Å²) in [6.45, 7) is 14.8. The summed E-state index contributed by atoms with van der Waals surface area (Å²) < 4.78 is 74.8. The van der Waals surface area contributed by atoms with Gasteiger partial charge in [-0.2, -0.15) is 0 Å². The van der Waals surface area contributed by atoms with E-state index < -0.39 is 18.3 Å². The molecule has 0 aromatic carbocycles. The van der Waals surface area contributed by atoms with E-state index in [0.29, 0.717) is 44.4 Å². The predicted octanol–water partition coefficient (Wildman–Crippen LogP) is -0.914. The van der Waals surface area contributed by atoms with Crippen LogP contribution in [0.25, 0.3) is 0 Å². The Morgan fingerprint density at radius 2 is 0.586 bits per heavy atom. The summed E-state index contributed by atoms with van der Waals surface area (Å²) in [5.74, 6) is 1.34. The van der Waals surface area contributed by atoms with Crippen molar-refractivity contribution in [2.45, 2.75) is 151 Å². The minimum atomic E-state index is -0.394. The zero-order chi connectivity index (χ0) is 41.3. The first-order valence-electron chi connectivity index (χ1n) is 21.0. The van der Waals surface area contributed by atoms with Crippen molar-refractivity contribution >= 4 is 0 Å². The van der Waals surface area contributed by atoms with Gasteiger partial charge < -0.3 is 91.8 Å². The van der Waals surface area contributed by atoms with Crippen LogP contribution in [0.1, 0.15) is 47.5 Å². The van der Waals surface area contributed by atoms with Crippen LogP contribution in [0.15, 0.2) is 0 Å². The van der Waals surface area contributed by atoms with Crippen molar-refractivity contribution in [3.8, 4) is 0 Å². The second-order valence-corrected chi connectivity index (χ2v) is 16.4. The number of aliphatic hydroxyl groups excluding tert-OH is 5. The number of hydrogen-bond acceptors (Lipinski definition) is 19. The topological polar surface area (TPSA) is 230 Å². The second-order valence-electron chi connectivity index (χ2n) is 16.4. The molecule has 10 rings (SSSR count). The highest BCUT2D eigenvalue weighted by molar-refractivity contribution is 4.94. The molecule has 0 bridgehead atoms. The minimum absolute atomic E-state index is 0.0407. The summed E-state index contributed by atoms with van der Waals surface area (Å²) in [6.07, 6.45) is -0.213.